The molecule has 7 heteroatoms. The SMILES string of the molecule is CCN(CC)S(=O)(=O)c1cc(C(=O)Nc2ccc(N3CCC(C)C3)cc2)ccc1C. The van der Waals surface area contributed by atoms with Crippen molar-refractivity contribution in [3.8, 4) is 0 Å². The summed E-state index contributed by atoms with van der Waals surface area (Å²) in [5.41, 5.74) is 2.79. The number of hydrogen-bond acceptors (Lipinski definition) is 4. The molecule has 0 radical (unpaired) electrons. The van der Waals surface area contributed by atoms with Crippen molar-refractivity contribution in [2.75, 3.05) is 36.4 Å². The zero-order valence-electron chi connectivity index (χ0n) is 18.2. The van der Waals surface area contributed by atoms with E-state index in [1.54, 1.807) is 32.9 Å². The summed E-state index contributed by atoms with van der Waals surface area (Å²) in [7, 11) is -3.63. The van der Waals surface area contributed by atoms with Crippen molar-refractivity contribution in [1.82, 2.24) is 4.31 Å². The summed E-state index contributed by atoms with van der Waals surface area (Å²) in [4.78, 5) is 15.3. The standard InChI is InChI=1S/C23H31N3O3S/c1-5-26(6-2)30(28,29)22-15-19(8-7-18(22)4)23(27)24-20-9-11-21(12-10-20)25-14-13-17(3)16-25/h7-12,15,17H,5-6,13-14,16H2,1-4H3,(H,24,27). The third-order valence-electron chi connectivity index (χ3n) is 5.69. The summed E-state index contributed by atoms with van der Waals surface area (Å²) in [6, 6.07) is 12.6. The zero-order chi connectivity index (χ0) is 21.9. The van der Waals surface area contributed by atoms with Gasteiger partial charge in [-0.1, -0.05) is 26.8 Å². The van der Waals surface area contributed by atoms with Gasteiger partial charge in [0.15, 0.2) is 0 Å². The maximum atomic E-state index is 12.9. The molecule has 0 bridgehead atoms. The predicted molar refractivity (Wildman–Crippen MR) is 122 cm³/mol. The Labute approximate surface area is 179 Å². The van der Waals surface area contributed by atoms with Crippen LogP contribution in [0, 0.1) is 12.8 Å². The van der Waals surface area contributed by atoms with Gasteiger partial charge in [0, 0.05) is 43.1 Å². The smallest absolute Gasteiger partial charge is 0.255 e. The van der Waals surface area contributed by atoms with Crippen molar-refractivity contribution >= 4 is 27.3 Å². The Balaban J connectivity index is 1.77. The van der Waals surface area contributed by atoms with Gasteiger partial charge in [-0.05, 0) is 61.2 Å². The first-order chi connectivity index (χ1) is 14.3. The van der Waals surface area contributed by atoms with Crippen LogP contribution in [0.1, 0.15) is 43.1 Å². The van der Waals surface area contributed by atoms with Crippen LogP contribution in [0.5, 0.6) is 0 Å². The van der Waals surface area contributed by atoms with Crippen LogP contribution in [0.4, 0.5) is 11.4 Å². The molecule has 1 unspecified atom stereocenters. The van der Waals surface area contributed by atoms with Gasteiger partial charge in [-0.2, -0.15) is 4.31 Å². The zero-order valence-corrected chi connectivity index (χ0v) is 19.0. The molecule has 1 aliphatic heterocycles. The van der Waals surface area contributed by atoms with Gasteiger partial charge in [0.25, 0.3) is 5.91 Å². The maximum Gasteiger partial charge on any atom is 0.255 e. The molecule has 1 aliphatic rings. The lowest BCUT2D eigenvalue weighted by Crippen LogP contribution is -2.31. The van der Waals surface area contributed by atoms with E-state index in [0.29, 0.717) is 35.8 Å². The maximum absolute atomic E-state index is 12.9. The van der Waals surface area contributed by atoms with Gasteiger partial charge in [-0.25, -0.2) is 8.42 Å². The summed E-state index contributed by atoms with van der Waals surface area (Å²) < 4.78 is 27.2. The lowest BCUT2D eigenvalue weighted by Gasteiger charge is -2.20. The number of nitrogens with zero attached hydrogens (tertiary/aromatic N) is 2. The Morgan fingerprint density at radius 1 is 1.13 bits per heavy atom. The van der Waals surface area contributed by atoms with Crippen LogP contribution in [0.2, 0.25) is 0 Å². The van der Waals surface area contributed by atoms with Gasteiger partial charge in [0.1, 0.15) is 0 Å². The monoisotopic (exact) mass is 429 g/mol. The van der Waals surface area contributed by atoms with Crippen LogP contribution in [0.25, 0.3) is 0 Å². The minimum atomic E-state index is -3.63. The van der Waals surface area contributed by atoms with E-state index in [0.717, 1.165) is 18.8 Å². The number of sulfonamides is 1. The lowest BCUT2D eigenvalue weighted by molar-refractivity contribution is 0.102. The highest BCUT2D eigenvalue weighted by Gasteiger charge is 2.25. The average Bonchev–Trinajstić information content (AvgIpc) is 3.15. The first-order valence-electron chi connectivity index (χ1n) is 10.5. The van der Waals surface area contributed by atoms with Crippen molar-refractivity contribution in [1.29, 1.82) is 0 Å². The Kier molecular flexibility index (Phi) is 6.83. The van der Waals surface area contributed by atoms with E-state index in [1.165, 1.54) is 16.8 Å². The van der Waals surface area contributed by atoms with Crippen LogP contribution in [0.3, 0.4) is 0 Å². The van der Waals surface area contributed by atoms with Crippen LogP contribution in [-0.4, -0.2) is 44.8 Å². The molecule has 1 fully saturated rings. The largest absolute Gasteiger partial charge is 0.371 e. The first kappa shape index (κ1) is 22.3. The van der Waals surface area contributed by atoms with E-state index in [-0.39, 0.29) is 10.8 Å². The number of aryl methyl sites for hydroxylation is 1. The molecule has 162 valence electrons. The van der Waals surface area contributed by atoms with E-state index < -0.39 is 10.0 Å². The lowest BCUT2D eigenvalue weighted by atomic mass is 10.1. The number of rotatable bonds is 7. The van der Waals surface area contributed by atoms with Gasteiger partial charge < -0.3 is 10.2 Å². The molecule has 0 saturated carbocycles. The van der Waals surface area contributed by atoms with E-state index in [4.69, 9.17) is 0 Å². The van der Waals surface area contributed by atoms with E-state index in [2.05, 4.69) is 17.1 Å². The second-order valence-corrected chi connectivity index (χ2v) is 9.82. The van der Waals surface area contributed by atoms with Crippen LogP contribution in [-0.2, 0) is 10.0 Å². The number of anilines is 2. The topological polar surface area (TPSA) is 69.7 Å². The molecule has 1 saturated heterocycles. The second-order valence-electron chi connectivity index (χ2n) is 7.91. The number of nitrogens with one attached hydrogen (secondary N) is 1. The molecule has 1 atom stereocenters. The fraction of sp³-hybridized carbons (Fsp3) is 0.435. The normalized spacial score (nSPS) is 16.8. The first-order valence-corrected chi connectivity index (χ1v) is 12.0. The number of benzene rings is 2. The highest BCUT2D eigenvalue weighted by Crippen LogP contribution is 2.26. The minimum Gasteiger partial charge on any atom is -0.371 e. The molecule has 1 N–H and O–H groups in total. The predicted octanol–water partition coefficient (Wildman–Crippen LogP) is 4.12. The fourth-order valence-electron chi connectivity index (χ4n) is 3.85. The summed E-state index contributed by atoms with van der Waals surface area (Å²) in [5.74, 6) is 0.376. The summed E-state index contributed by atoms with van der Waals surface area (Å²) in [5, 5.41) is 2.87. The number of carbonyl (C=O) groups is 1. The van der Waals surface area contributed by atoms with Gasteiger partial charge in [-0.3, -0.25) is 4.79 Å². The van der Waals surface area contributed by atoms with Gasteiger partial charge in [0.2, 0.25) is 10.0 Å². The minimum absolute atomic E-state index is 0.178. The number of carbonyl (C=O) groups excluding carboxylic acids is 1. The van der Waals surface area contributed by atoms with E-state index in [9.17, 15) is 13.2 Å². The molecule has 1 amide bonds. The van der Waals surface area contributed by atoms with Gasteiger partial charge >= 0.3 is 0 Å². The molecular weight excluding hydrogens is 398 g/mol. The number of hydrogen-bond donors (Lipinski definition) is 1. The molecule has 0 spiro atoms. The molecule has 6 nitrogen and oxygen atoms in total. The second kappa shape index (κ2) is 9.18. The van der Waals surface area contributed by atoms with Crippen LogP contribution >= 0.6 is 0 Å². The Bertz CT molecular complexity index is 999. The number of amides is 1. The van der Waals surface area contributed by atoms with Crippen molar-refractivity contribution in [3.63, 3.8) is 0 Å². The summed E-state index contributed by atoms with van der Waals surface area (Å²) in [6.07, 6.45) is 1.20. The molecule has 3 rings (SSSR count). The van der Waals surface area contributed by atoms with Crippen LogP contribution < -0.4 is 10.2 Å². The third-order valence-corrected chi connectivity index (χ3v) is 7.88. The van der Waals surface area contributed by atoms with Crippen molar-refractivity contribution in [2.45, 2.75) is 39.0 Å². The molecule has 0 aliphatic carbocycles. The Morgan fingerprint density at radius 2 is 1.80 bits per heavy atom. The highest BCUT2D eigenvalue weighted by atomic mass is 32.2. The van der Waals surface area contributed by atoms with Crippen molar-refractivity contribution in [2.24, 2.45) is 5.92 Å². The van der Waals surface area contributed by atoms with Crippen LogP contribution in [0.15, 0.2) is 47.4 Å². The Hall–Kier alpha value is -2.38. The van der Waals surface area contributed by atoms with Gasteiger partial charge in [0.05, 0.1) is 4.90 Å². The molecule has 1 heterocycles. The summed E-state index contributed by atoms with van der Waals surface area (Å²) >= 11 is 0. The fourth-order valence-corrected chi connectivity index (χ4v) is 5.56. The van der Waals surface area contributed by atoms with E-state index in [1.807, 2.05) is 24.3 Å². The van der Waals surface area contributed by atoms with Crippen molar-refractivity contribution in [3.05, 3.63) is 53.6 Å². The van der Waals surface area contributed by atoms with Gasteiger partial charge in [-0.15, -0.1) is 0 Å². The molecular formula is C23H31N3O3S. The Morgan fingerprint density at radius 3 is 2.37 bits per heavy atom. The molecule has 2 aromatic rings. The average molecular weight is 430 g/mol. The molecule has 0 aromatic heterocycles. The third kappa shape index (κ3) is 4.68. The molecule has 2 aromatic carbocycles. The van der Waals surface area contributed by atoms with E-state index >= 15 is 0 Å². The molecule has 30 heavy (non-hydrogen) atoms. The highest BCUT2D eigenvalue weighted by molar-refractivity contribution is 7.89. The van der Waals surface area contributed by atoms with Crippen molar-refractivity contribution < 1.29 is 13.2 Å². The quantitative estimate of drug-likeness (QED) is 0.719. The summed E-state index contributed by atoms with van der Waals surface area (Å²) in [6.45, 7) is 10.5.